The number of amides is 1. The molecule has 4 rings (SSSR count). The van der Waals surface area contributed by atoms with Gasteiger partial charge in [0.1, 0.15) is 18.0 Å². The summed E-state index contributed by atoms with van der Waals surface area (Å²) in [4.78, 5) is 19.6. The fraction of sp³-hybridized carbons (Fsp3) is 0.435. The predicted octanol–water partition coefficient (Wildman–Crippen LogP) is 3.63. The van der Waals surface area contributed by atoms with Crippen molar-refractivity contribution in [3.63, 3.8) is 0 Å². The molecule has 2 aliphatic heterocycles. The number of aliphatic hydroxyl groups is 1. The van der Waals surface area contributed by atoms with Crippen LogP contribution in [0.3, 0.4) is 0 Å². The van der Waals surface area contributed by atoms with E-state index in [0.29, 0.717) is 22.7 Å². The van der Waals surface area contributed by atoms with E-state index in [1.54, 1.807) is 13.3 Å². The van der Waals surface area contributed by atoms with Gasteiger partial charge in [0.25, 0.3) is 0 Å². The van der Waals surface area contributed by atoms with Crippen molar-refractivity contribution in [2.24, 2.45) is 4.40 Å². The molecule has 0 saturated heterocycles. The Kier molecular flexibility index (Phi) is 6.26. The van der Waals surface area contributed by atoms with Gasteiger partial charge in [0.05, 0.1) is 25.1 Å². The van der Waals surface area contributed by atoms with Crippen molar-refractivity contribution in [1.82, 2.24) is 24.9 Å². The van der Waals surface area contributed by atoms with Gasteiger partial charge in [0, 0.05) is 34.2 Å². The molecule has 0 fully saturated rings. The van der Waals surface area contributed by atoms with Crippen LogP contribution in [0.5, 0.6) is 5.75 Å². The second kappa shape index (κ2) is 8.88. The van der Waals surface area contributed by atoms with E-state index in [9.17, 15) is 15.0 Å². The van der Waals surface area contributed by atoms with E-state index >= 15 is 0 Å². The van der Waals surface area contributed by atoms with Crippen molar-refractivity contribution in [2.75, 3.05) is 7.11 Å². The van der Waals surface area contributed by atoms with Gasteiger partial charge in [-0.15, -0.1) is 0 Å². The molecule has 10 nitrogen and oxygen atoms in total. The summed E-state index contributed by atoms with van der Waals surface area (Å²) in [5.74, 6) is 1.48. The lowest BCUT2D eigenvalue weighted by atomic mass is 10.0. The fourth-order valence-corrected chi connectivity index (χ4v) is 5.05. The molecular weight excluding hydrogens is 456 g/mol. The number of nitrogens with zero attached hydrogens (tertiary/aromatic N) is 6. The van der Waals surface area contributed by atoms with Crippen LogP contribution in [0.15, 0.2) is 16.7 Å². The Hall–Kier alpha value is -3.18. The first-order valence-corrected chi connectivity index (χ1v) is 11.7. The molecule has 180 valence electrons. The van der Waals surface area contributed by atoms with E-state index in [-0.39, 0.29) is 19.0 Å². The average molecular weight is 485 g/mol. The van der Waals surface area contributed by atoms with Crippen LogP contribution < -0.4 is 4.74 Å². The zero-order chi connectivity index (χ0) is 24.8. The smallest absolute Gasteiger partial charge is 0.413 e. The number of pyridine rings is 1. The standard InChI is InChI=1S/C23H28N6O4S/c1-12-8-24-17(13(2)20(12)33-6)9-28-25-16-7-14(10-30)15-11-34-27-21(19(26-28)18(15)16)29(22(31)32)23(3,4)5/h7-8,30H,9-11H2,1-6H3,(H,31,32). The minimum Gasteiger partial charge on any atom is -0.496 e. The van der Waals surface area contributed by atoms with Gasteiger partial charge >= 0.3 is 6.09 Å². The maximum atomic E-state index is 12.3. The summed E-state index contributed by atoms with van der Waals surface area (Å²) in [7, 11) is 1.62. The first-order valence-electron chi connectivity index (χ1n) is 10.8. The molecule has 34 heavy (non-hydrogen) atoms. The van der Waals surface area contributed by atoms with Crippen LogP contribution in [0.1, 0.15) is 54.4 Å². The van der Waals surface area contributed by atoms with E-state index in [2.05, 4.69) is 14.5 Å². The molecular formula is C23H28N6O4S. The largest absolute Gasteiger partial charge is 0.496 e. The summed E-state index contributed by atoms with van der Waals surface area (Å²) in [5, 5.41) is 29.4. The maximum absolute atomic E-state index is 12.3. The monoisotopic (exact) mass is 484 g/mol. The summed E-state index contributed by atoms with van der Waals surface area (Å²) >= 11 is 1.23. The molecule has 3 aliphatic rings. The number of methoxy groups -OCH3 is 1. The topological polar surface area (TPSA) is 126 Å². The van der Waals surface area contributed by atoms with E-state index < -0.39 is 11.6 Å². The molecule has 1 aliphatic carbocycles. The SMILES string of the molecule is COc1c(C)cnc(Cn2nc3cc(CO)c4c-3c(n2)C(N(C(=O)O)C(C)(C)C)=NSC4)c1C. The number of rotatable bonds is 4. The van der Waals surface area contributed by atoms with Gasteiger partial charge in [-0.05, 0) is 63.8 Å². The Morgan fingerprint density at radius 2 is 2.03 bits per heavy atom. The average Bonchev–Trinajstić information content (AvgIpc) is 3.00. The van der Waals surface area contributed by atoms with Crippen molar-refractivity contribution in [3.8, 4) is 17.0 Å². The fourth-order valence-electron chi connectivity index (χ4n) is 4.24. The van der Waals surface area contributed by atoms with Gasteiger partial charge in [-0.1, -0.05) is 0 Å². The third-order valence-electron chi connectivity index (χ3n) is 5.79. The third kappa shape index (κ3) is 4.09. The zero-order valence-electron chi connectivity index (χ0n) is 20.1. The molecule has 3 heterocycles. The van der Waals surface area contributed by atoms with Crippen LogP contribution >= 0.6 is 11.9 Å². The number of aliphatic hydroxyl groups excluding tert-OH is 1. The molecule has 11 heteroatoms. The molecule has 0 aromatic carbocycles. The third-order valence-corrected chi connectivity index (χ3v) is 6.51. The van der Waals surface area contributed by atoms with Gasteiger partial charge in [0.15, 0.2) is 5.84 Å². The number of aryl methyl sites for hydroxylation is 1. The summed E-state index contributed by atoms with van der Waals surface area (Å²) in [5.41, 5.74) is 5.14. The quantitative estimate of drug-likeness (QED) is 0.538. The van der Waals surface area contributed by atoms with Crippen LogP contribution in [0, 0.1) is 13.8 Å². The van der Waals surface area contributed by atoms with Crippen LogP contribution in [0.4, 0.5) is 4.79 Å². The van der Waals surface area contributed by atoms with Gasteiger partial charge in [-0.25, -0.2) is 4.79 Å². The van der Waals surface area contributed by atoms with Crippen molar-refractivity contribution < 1.29 is 19.7 Å². The number of hydrogen-bond donors (Lipinski definition) is 2. The van der Waals surface area contributed by atoms with Crippen LogP contribution in [-0.2, 0) is 18.9 Å². The predicted molar refractivity (Wildman–Crippen MR) is 129 cm³/mol. The van der Waals surface area contributed by atoms with Gasteiger partial charge < -0.3 is 14.9 Å². The highest BCUT2D eigenvalue weighted by Gasteiger charge is 2.37. The zero-order valence-corrected chi connectivity index (χ0v) is 20.9. The highest BCUT2D eigenvalue weighted by molar-refractivity contribution is 7.97. The highest BCUT2D eigenvalue weighted by Crippen LogP contribution is 2.39. The number of amidine groups is 1. The van der Waals surface area contributed by atoms with Gasteiger partial charge in [0.2, 0.25) is 0 Å². The van der Waals surface area contributed by atoms with E-state index in [1.807, 2.05) is 40.7 Å². The highest BCUT2D eigenvalue weighted by atomic mass is 32.2. The minimum absolute atomic E-state index is 0.154. The first kappa shape index (κ1) is 24.0. The number of ether oxygens (including phenoxy) is 1. The second-order valence-corrected chi connectivity index (χ2v) is 9.90. The number of aromatic nitrogens is 4. The van der Waals surface area contributed by atoms with Crippen LogP contribution in [-0.4, -0.2) is 59.7 Å². The molecule has 0 radical (unpaired) electrons. The lowest BCUT2D eigenvalue weighted by Crippen LogP contribution is -2.49. The maximum Gasteiger partial charge on any atom is 0.413 e. The first-order chi connectivity index (χ1) is 16.1. The number of carboxylic acid groups (broad SMARTS) is 1. The second-order valence-electron chi connectivity index (χ2n) is 9.17. The summed E-state index contributed by atoms with van der Waals surface area (Å²) in [6.07, 6.45) is 0.623. The Labute approximate surface area is 202 Å². The van der Waals surface area contributed by atoms with Crippen LogP contribution in [0.25, 0.3) is 11.3 Å². The summed E-state index contributed by atoms with van der Waals surface area (Å²) in [6, 6.07) is 1.83. The molecule has 1 aromatic heterocycles. The molecule has 0 unspecified atom stereocenters. The molecule has 1 aromatic rings. The molecule has 2 N–H and O–H groups in total. The van der Waals surface area contributed by atoms with Gasteiger partial charge in [-0.3, -0.25) is 9.88 Å². The van der Waals surface area contributed by atoms with E-state index in [4.69, 9.17) is 9.84 Å². The molecule has 0 saturated carbocycles. The van der Waals surface area contributed by atoms with Crippen molar-refractivity contribution in [1.29, 1.82) is 0 Å². The molecule has 0 atom stereocenters. The van der Waals surface area contributed by atoms with Crippen molar-refractivity contribution >= 4 is 23.9 Å². The molecule has 0 spiro atoms. The van der Waals surface area contributed by atoms with E-state index in [1.165, 1.54) is 21.6 Å². The Balaban J connectivity index is 1.92. The normalized spacial score (nSPS) is 13.6. The lowest BCUT2D eigenvalue weighted by Gasteiger charge is -2.33. The minimum atomic E-state index is -1.12. The Morgan fingerprint density at radius 1 is 1.29 bits per heavy atom. The van der Waals surface area contributed by atoms with Crippen molar-refractivity contribution in [3.05, 3.63) is 45.9 Å². The van der Waals surface area contributed by atoms with E-state index in [0.717, 1.165) is 33.7 Å². The van der Waals surface area contributed by atoms with Gasteiger partial charge in [-0.2, -0.15) is 19.4 Å². The van der Waals surface area contributed by atoms with Crippen molar-refractivity contribution in [2.45, 2.75) is 59.1 Å². The Morgan fingerprint density at radius 3 is 2.65 bits per heavy atom. The summed E-state index contributed by atoms with van der Waals surface area (Å²) < 4.78 is 10.1. The van der Waals surface area contributed by atoms with Crippen LogP contribution in [0.2, 0.25) is 0 Å². The lowest BCUT2D eigenvalue weighted by molar-refractivity contribution is 0.141. The Bertz CT molecular complexity index is 1260. The molecule has 0 bridgehead atoms. The summed E-state index contributed by atoms with van der Waals surface area (Å²) in [6.45, 7) is 9.39. The molecule has 1 amide bonds. The number of carbonyl (C=O) groups is 1. The number of hydrogen-bond acceptors (Lipinski definition) is 8.